The van der Waals surface area contributed by atoms with Gasteiger partial charge in [-0.05, 0) is 73.3 Å². The topological polar surface area (TPSA) is 116 Å². The van der Waals surface area contributed by atoms with Crippen molar-refractivity contribution in [1.29, 1.82) is 0 Å². The molecule has 1 aliphatic carbocycles. The molecule has 2 N–H and O–H groups in total. The monoisotopic (exact) mass is 575 g/mol. The number of benzene rings is 2. The first-order chi connectivity index (χ1) is 19.6. The molecule has 1 spiro atoms. The largest absolute Gasteiger partial charge is 0.345 e. The predicted molar refractivity (Wildman–Crippen MR) is 158 cm³/mol. The van der Waals surface area contributed by atoms with E-state index >= 15 is 0 Å². The van der Waals surface area contributed by atoms with Crippen LogP contribution in [0.25, 0.3) is 0 Å². The number of H-pyrrole nitrogens is 1. The van der Waals surface area contributed by atoms with Gasteiger partial charge in [0.1, 0.15) is 11.4 Å². The van der Waals surface area contributed by atoms with E-state index in [1.807, 2.05) is 48.5 Å². The highest BCUT2D eigenvalue weighted by atomic mass is 35.5. The number of aliphatic imine (C=N–C) groups is 1. The summed E-state index contributed by atoms with van der Waals surface area (Å²) in [5.41, 5.74) is 2.45. The van der Waals surface area contributed by atoms with Gasteiger partial charge in [0.05, 0.1) is 12.6 Å². The van der Waals surface area contributed by atoms with E-state index in [2.05, 4.69) is 58.5 Å². The van der Waals surface area contributed by atoms with Gasteiger partial charge in [-0.1, -0.05) is 75.2 Å². The summed E-state index contributed by atoms with van der Waals surface area (Å²) < 4.78 is 0. The Morgan fingerprint density at radius 3 is 2.39 bits per heavy atom. The summed E-state index contributed by atoms with van der Waals surface area (Å²) in [6.45, 7) is 9.22. The molecular weight excluding hydrogens is 538 g/mol. The third-order valence-corrected chi connectivity index (χ3v) is 8.80. The van der Waals surface area contributed by atoms with E-state index in [0.717, 1.165) is 49.7 Å². The number of amides is 2. The van der Waals surface area contributed by atoms with Gasteiger partial charge in [-0.2, -0.15) is 5.21 Å². The summed E-state index contributed by atoms with van der Waals surface area (Å²) in [5, 5.41) is 17.1. The minimum absolute atomic E-state index is 0.0399. The molecule has 2 aromatic carbocycles. The van der Waals surface area contributed by atoms with Crippen LogP contribution in [0.3, 0.4) is 0 Å². The molecule has 216 valence electrons. The second-order valence-corrected chi connectivity index (χ2v) is 12.6. The number of hydrogen-bond acceptors (Lipinski definition) is 6. The Morgan fingerprint density at radius 2 is 1.80 bits per heavy atom. The van der Waals surface area contributed by atoms with Gasteiger partial charge in [0.15, 0.2) is 5.82 Å². The van der Waals surface area contributed by atoms with Crippen LogP contribution < -0.4 is 5.32 Å². The molecule has 41 heavy (non-hydrogen) atoms. The van der Waals surface area contributed by atoms with Crippen LogP contribution in [0.4, 0.5) is 0 Å². The van der Waals surface area contributed by atoms with Gasteiger partial charge in [-0.25, -0.2) is 0 Å². The molecular formula is C31H38ClN7O2. The van der Waals surface area contributed by atoms with Crippen molar-refractivity contribution in [3.63, 3.8) is 0 Å². The quantitative estimate of drug-likeness (QED) is 0.347. The fraction of sp³-hybridized carbons (Fsp3) is 0.484. The van der Waals surface area contributed by atoms with Crippen LogP contribution >= 0.6 is 11.6 Å². The maximum absolute atomic E-state index is 14.3. The maximum Gasteiger partial charge on any atom is 0.275 e. The molecule has 1 saturated carbocycles. The molecule has 5 rings (SSSR count). The minimum atomic E-state index is -0.589. The number of tetrazole rings is 1. The molecule has 1 atom stereocenters. The summed E-state index contributed by atoms with van der Waals surface area (Å²) in [7, 11) is 0. The Morgan fingerprint density at radius 1 is 1.12 bits per heavy atom. The molecule has 1 aliphatic heterocycles. The van der Waals surface area contributed by atoms with Crippen LogP contribution in [0.2, 0.25) is 5.02 Å². The molecule has 2 heterocycles. The van der Waals surface area contributed by atoms with Crippen LogP contribution in [0.15, 0.2) is 53.5 Å². The Balaban J connectivity index is 1.44. The number of rotatable bonds is 8. The molecule has 1 fully saturated rings. The molecule has 3 aromatic rings. The van der Waals surface area contributed by atoms with Crippen LogP contribution in [-0.2, 0) is 11.3 Å². The van der Waals surface area contributed by atoms with E-state index in [0.29, 0.717) is 28.0 Å². The number of carbonyl (C=O) groups is 2. The summed E-state index contributed by atoms with van der Waals surface area (Å²) in [6.07, 6.45) is 5.39. The van der Waals surface area contributed by atoms with Crippen LogP contribution in [0, 0.1) is 11.3 Å². The highest BCUT2D eigenvalue weighted by molar-refractivity contribution is 6.47. The fourth-order valence-corrected chi connectivity index (χ4v) is 6.36. The fourth-order valence-electron chi connectivity index (χ4n) is 6.23. The molecule has 9 nitrogen and oxygen atoms in total. The minimum Gasteiger partial charge on any atom is -0.345 e. The van der Waals surface area contributed by atoms with Crippen molar-refractivity contribution in [3.8, 4) is 0 Å². The lowest BCUT2D eigenvalue weighted by molar-refractivity contribution is -0.133. The van der Waals surface area contributed by atoms with E-state index in [-0.39, 0.29) is 29.8 Å². The Kier molecular flexibility index (Phi) is 8.27. The van der Waals surface area contributed by atoms with Gasteiger partial charge in [0.2, 0.25) is 0 Å². The van der Waals surface area contributed by atoms with Gasteiger partial charge >= 0.3 is 0 Å². The molecule has 10 heteroatoms. The highest BCUT2D eigenvalue weighted by Crippen LogP contribution is 2.49. The van der Waals surface area contributed by atoms with E-state index in [1.165, 1.54) is 0 Å². The molecule has 0 radical (unpaired) electrons. The Bertz CT molecular complexity index is 1390. The third-order valence-electron chi connectivity index (χ3n) is 8.55. The average molecular weight is 576 g/mol. The lowest BCUT2D eigenvalue weighted by atomic mass is 9.69. The first-order valence-electron chi connectivity index (χ1n) is 14.4. The van der Waals surface area contributed by atoms with Crippen molar-refractivity contribution >= 4 is 29.1 Å². The second kappa shape index (κ2) is 11.7. The van der Waals surface area contributed by atoms with Gasteiger partial charge in [0, 0.05) is 16.1 Å². The number of aromatic nitrogens is 4. The van der Waals surface area contributed by atoms with Crippen LogP contribution in [0.1, 0.15) is 99.6 Å². The maximum atomic E-state index is 14.3. The molecule has 1 unspecified atom stereocenters. The third kappa shape index (κ3) is 6.05. The van der Waals surface area contributed by atoms with Crippen molar-refractivity contribution in [2.75, 3.05) is 0 Å². The molecule has 2 aliphatic rings. The number of aromatic amines is 1. The van der Waals surface area contributed by atoms with E-state index in [1.54, 1.807) is 0 Å². The normalized spacial score (nSPS) is 21.7. The molecule has 1 aromatic heterocycles. The zero-order valence-electron chi connectivity index (χ0n) is 24.2. The number of hydrogen-bond donors (Lipinski definition) is 2. The van der Waals surface area contributed by atoms with E-state index in [4.69, 9.17) is 16.6 Å². The van der Waals surface area contributed by atoms with Crippen molar-refractivity contribution in [2.24, 2.45) is 16.3 Å². The molecule has 2 amide bonds. The standard InChI is InChI=1S/C31H38ClN7O2/c1-5-6-25(20-7-9-22(10-8-20)28(40)33-19-26-35-37-38-36-26)39-29(41)27(21-11-13-24(32)14-12-21)34-31(39)17-15-23(16-18-31)30(2,3)4/h7-14,23,25H,5-6,15-19H2,1-4H3,(H,33,40)(H,35,36,37,38). The summed E-state index contributed by atoms with van der Waals surface area (Å²) in [4.78, 5) is 34.3. The average Bonchev–Trinajstić information content (AvgIpc) is 3.57. The van der Waals surface area contributed by atoms with Crippen molar-refractivity contribution in [1.82, 2.24) is 30.8 Å². The first kappa shape index (κ1) is 28.9. The van der Waals surface area contributed by atoms with Crippen LogP contribution in [-0.4, -0.2) is 48.7 Å². The Hall–Kier alpha value is -3.59. The number of nitrogens with zero attached hydrogens (tertiary/aromatic N) is 5. The summed E-state index contributed by atoms with van der Waals surface area (Å²) in [5.74, 6) is 0.723. The lowest BCUT2D eigenvalue weighted by Gasteiger charge is -2.47. The smallest absolute Gasteiger partial charge is 0.275 e. The molecule has 0 saturated heterocycles. The highest BCUT2D eigenvalue weighted by Gasteiger charge is 2.52. The van der Waals surface area contributed by atoms with Crippen molar-refractivity contribution < 1.29 is 9.59 Å². The Labute approximate surface area is 246 Å². The van der Waals surface area contributed by atoms with E-state index < -0.39 is 5.66 Å². The first-order valence-corrected chi connectivity index (χ1v) is 14.8. The zero-order valence-corrected chi connectivity index (χ0v) is 24.9. The predicted octanol–water partition coefficient (Wildman–Crippen LogP) is 5.89. The lowest BCUT2D eigenvalue weighted by Crippen LogP contribution is -2.51. The van der Waals surface area contributed by atoms with Crippen molar-refractivity contribution in [3.05, 3.63) is 76.1 Å². The number of carbonyl (C=O) groups excluding carboxylic acids is 2. The summed E-state index contributed by atoms with van der Waals surface area (Å²) >= 11 is 6.16. The summed E-state index contributed by atoms with van der Waals surface area (Å²) in [6, 6.07) is 14.8. The number of halogens is 1. The zero-order chi connectivity index (χ0) is 29.2. The molecule has 0 bridgehead atoms. The van der Waals surface area contributed by atoms with E-state index in [9.17, 15) is 9.59 Å². The van der Waals surface area contributed by atoms with Gasteiger partial charge < -0.3 is 10.2 Å². The van der Waals surface area contributed by atoms with Gasteiger partial charge in [-0.3, -0.25) is 14.6 Å². The van der Waals surface area contributed by atoms with Crippen molar-refractivity contribution in [2.45, 2.75) is 84.5 Å². The van der Waals surface area contributed by atoms with Gasteiger partial charge in [-0.15, -0.1) is 10.2 Å². The SMILES string of the molecule is CCCC(c1ccc(C(=O)NCc2nn[nH]n2)cc1)N1C(=O)C(c2ccc(Cl)cc2)=NC12CCC(C(C)(C)C)CC2. The second-order valence-electron chi connectivity index (χ2n) is 12.2. The van der Waals surface area contributed by atoms with Gasteiger partial charge in [0.25, 0.3) is 11.8 Å². The number of nitrogens with one attached hydrogen (secondary N) is 2. The van der Waals surface area contributed by atoms with Crippen LogP contribution in [0.5, 0.6) is 0 Å².